The van der Waals surface area contributed by atoms with Crippen molar-refractivity contribution in [3.05, 3.63) is 42.7 Å². The first-order valence-electron chi connectivity index (χ1n) is 5.99. The predicted octanol–water partition coefficient (Wildman–Crippen LogP) is 5.70. The maximum atomic E-state index is 6.12. The van der Waals surface area contributed by atoms with E-state index in [2.05, 4.69) is 32.3 Å². The maximum absolute atomic E-state index is 6.12. The Morgan fingerprint density at radius 2 is 2.21 bits per heavy atom. The lowest BCUT2D eigenvalue weighted by molar-refractivity contribution is 0.608. The lowest BCUT2D eigenvalue weighted by Gasteiger charge is -2.24. The summed E-state index contributed by atoms with van der Waals surface area (Å²) in [6.07, 6.45) is 5.19. The molecule has 1 N–H and O–H groups in total. The van der Waals surface area contributed by atoms with Crippen molar-refractivity contribution in [2.24, 2.45) is 0 Å². The average molecular weight is 378 g/mol. The van der Waals surface area contributed by atoms with Gasteiger partial charge in [-0.25, -0.2) is 4.98 Å². The van der Waals surface area contributed by atoms with Crippen LogP contribution >= 0.6 is 50.5 Å². The molecule has 0 saturated carbocycles. The molecule has 0 saturated heterocycles. The van der Waals surface area contributed by atoms with Crippen molar-refractivity contribution >= 4 is 56.2 Å². The van der Waals surface area contributed by atoms with Gasteiger partial charge < -0.3 is 5.32 Å². The zero-order valence-corrected chi connectivity index (χ0v) is 13.8. The first-order chi connectivity index (χ1) is 9.13. The topological polar surface area (TPSA) is 24.9 Å². The van der Waals surface area contributed by atoms with Crippen molar-refractivity contribution in [2.45, 2.75) is 25.3 Å². The number of hydrogen-bond acceptors (Lipinski definition) is 3. The van der Waals surface area contributed by atoms with Gasteiger partial charge in [0.1, 0.15) is 5.15 Å². The molecule has 0 radical (unpaired) electrons. The van der Waals surface area contributed by atoms with E-state index in [1.165, 1.54) is 16.9 Å². The number of hydrogen-bond donors (Lipinski definition) is 1. The summed E-state index contributed by atoms with van der Waals surface area (Å²) in [5.41, 5.74) is 2.30. The quantitative estimate of drug-likeness (QED) is 0.678. The third kappa shape index (κ3) is 2.92. The normalized spacial score (nSPS) is 18.2. The van der Waals surface area contributed by atoms with Gasteiger partial charge in [-0.2, -0.15) is 0 Å². The fourth-order valence-corrected chi connectivity index (χ4v) is 4.21. The maximum Gasteiger partial charge on any atom is 0.143 e. The van der Waals surface area contributed by atoms with Crippen LogP contribution in [-0.4, -0.2) is 4.98 Å². The van der Waals surface area contributed by atoms with Gasteiger partial charge in [-0.1, -0.05) is 23.2 Å². The molecule has 1 unspecified atom stereocenters. The summed E-state index contributed by atoms with van der Waals surface area (Å²) in [5, 5.41) is 4.00. The van der Waals surface area contributed by atoms with Crippen LogP contribution in [0.4, 0.5) is 5.69 Å². The Hall–Kier alpha value is -0.290. The molecule has 0 fully saturated rings. The molecule has 100 valence electrons. The second-order valence-electron chi connectivity index (χ2n) is 4.51. The van der Waals surface area contributed by atoms with Crippen LogP contribution in [0.2, 0.25) is 9.49 Å². The molecule has 0 amide bonds. The summed E-state index contributed by atoms with van der Waals surface area (Å²) in [6, 6.07) is 4.34. The Labute approximate surface area is 134 Å². The Balaban J connectivity index is 1.86. The first-order valence-corrected chi connectivity index (χ1v) is 8.35. The van der Waals surface area contributed by atoms with Crippen LogP contribution in [-0.2, 0) is 6.42 Å². The van der Waals surface area contributed by atoms with Crippen molar-refractivity contribution in [3.8, 4) is 0 Å². The number of anilines is 1. The van der Waals surface area contributed by atoms with E-state index >= 15 is 0 Å². The highest BCUT2D eigenvalue weighted by molar-refractivity contribution is 9.10. The van der Waals surface area contributed by atoms with E-state index < -0.39 is 0 Å². The number of rotatable bonds is 2. The van der Waals surface area contributed by atoms with E-state index in [9.17, 15) is 0 Å². The second kappa shape index (κ2) is 5.60. The standard InChI is InChI=1S/C13H11BrCl2N2S/c14-9-4-7(6-17-13(9)16)18-10-2-1-3-11-8(10)5-12(15)19-11/h4-6,10,18H,1-3H2. The number of pyridine rings is 1. The van der Waals surface area contributed by atoms with Crippen LogP contribution < -0.4 is 5.32 Å². The number of thiophene rings is 1. The molecule has 0 spiro atoms. The number of aryl methyl sites for hydroxylation is 1. The van der Waals surface area contributed by atoms with E-state index in [4.69, 9.17) is 23.2 Å². The number of nitrogens with zero attached hydrogens (tertiary/aromatic N) is 1. The molecule has 0 bridgehead atoms. The van der Waals surface area contributed by atoms with Crippen LogP contribution in [0, 0.1) is 0 Å². The minimum Gasteiger partial charge on any atom is -0.377 e. The van der Waals surface area contributed by atoms with E-state index in [0.29, 0.717) is 11.2 Å². The largest absolute Gasteiger partial charge is 0.377 e. The van der Waals surface area contributed by atoms with Crippen molar-refractivity contribution < 1.29 is 0 Å². The number of aromatic nitrogens is 1. The minimum atomic E-state index is 0.308. The first kappa shape index (κ1) is 13.7. The smallest absolute Gasteiger partial charge is 0.143 e. The van der Waals surface area contributed by atoms with Crippen LogP contribution in [0.15, 0.2) is 22.8 Å². The van der Waals surface area contributed by atoms with E-state index in [1.807, 2.05) is 6.07 Å². The molecule has 2 nitrogen and oxygen atoms in total. The highest BCUT2D eigenvalue weighted by Crippen LogP contribution is 2.39. The zero-order chi connectivity index (χ0) is 13.4. The van der Waals surface area contributed by atoms with Gasteiger partial charge in [0.05, 0.1) is 26.7 Å². The second-order valence-corrected chi connectivity index (χ2v) is 7.50. The van der Waals surface area contributed by atoms with Crippen molar-refractivity contribution in [1.29, 1.82) is 0 Å². The third-order valence-electron chi connectivity index (χ3n) is 3.22. The summed E-state index contributed by atoms with van der Waals surface area (Å²) in [5.74, 6) is 0. The average Bonchev–Trinajstić information content (AvgIpc) is 2.75. The van der Waals surface area contributed by atoms with Gasteiger partial charge in [0.15, 0.2) is 0 Å². The van der Waals surface area contributed by atoms with Crippen LogP contribution in [0.25, 0.3) is 0 Å². The fourth-order valence-electron chi connectivity index (χ4n) is 2.37. The van der Waals surface area contributed by atoms with E-state index in [1.54, 1.807) is 17.5 Å². The Kier molecular flexibility index (Phi) is 4.03. The minimum absolute atomic E-state index is 0.308. The third-order valence-corrected chi connectivity index (χ3v) is 5.69. The van der Waals surface area contributed by atoms with Gasteiger partial charge in [0, 0.05) is 4.88 Å². The number of halogens is 3. The molecule has 1 aliphatic rings. The molecule has 2 aromatic rings. The van der Waals surface area contributed by atoms with Gasteiger partial charge in [0.2, 0.25) is 0 Å². The van der Waals surface area contributed by atoms with Crippen LogP contribution in [0.3, 0.4) is 0 Å². The molecular formula is C13H11BrCl2N2S. The lowest BCUT2D eigenvalue weighted by atomic mass is 9.94. The van der Waals surface area contributed by atoms with Crippen molar-refractivity contribution in [1.82, 2.24) is 4.98 Å². The van der Waals surface area contributed by atoms with Crippen LogP contribution in [0.5, 0.6) is 0 Å². The summed E-state index contributed by atoms with van der Waals surface area (Å²) in [6.45, 7) is 0. The van der Waals surface area contributed by atoms with E-state index in [0.717, 1.165) is 27.3 Å². The molecular weight excluding hydrogens is 367 g/mol. The molecule has 19 heavy (non-hydrogen) atoms. The molecule has 0 aromatic carbocycles. The summed E-state index contributed by atoms with van der Waals surface area (Å²) >= 11 is 17.1. The fraction of sp³-hybridized carbons (Fsp3) is 0.308. The van der Waals surface area contributed by atoms with Crippen molar-refractivity contribution in [2.75, 3.05) is 5.32 Å². The highest BCUT2D eigenvalue weighted by Gasteiger charge is 2.22. The molecule has 1 atom stereocenters. The summed E-state index contributed by atoms with van der Waals surface area (Å²) < 4.78 is 1.67. The van der Waals surface area contributed by atoms with Crippen molar-refractivity contribution in [3.63, 3.8) is 0 Å². The Bertz CT molecular complexity index is 615. The zero-order valence-electron chi connectivity index (χ0n) is 9.92. The monoisotopic (exact) mass is 376 g/mol. The Morgan fingerprint density at radius 3 is 3.00 bits per heavy atom. The van der Waals surface area contributed by atoms with Gasteiger partial charge in [-0.05, 0) is 52.9 Å². The summed E-state index contributed by atoms with van der Waals surface area (Å²) in [4.78, 5) is 5.54. The predicted molar refractivity (Wildman–Crippen MR) is 85.6 cm³/mol. The Morgan fingerprint density at radius 1 is 1.37 bits per heavy atom. The molecule has 1 aliphatic carbocycles. The van der Waals surface area contributed by atoms with Crippen LogP contribution in [0.1, 0.15) is 29.3 Å². The van der Waals surface area contributed by atoms with Gasteiger partial charge in [-0.15, -0.1) is 11.3 Å². The van der Waals surface area contributed by atoms with E-state index in [-0.39, 0.29) is 0 Å². The van der Waals surface area contributed by atoms with Gasteiger partial charge in [-0.3, -0.25) is 0 Å². The molecule has 0 aliphatic heterocycles. The molecule has 2 heterocycles. The number of fused-ring (bicyclic) bond motifs is 1. The summed E-state index contributed by atoms with van der Waals surface area (Å²) in [7, 11) is 0. The number of nitrogens with one attached hydrogen (secondary N) is 1. The molecule has 2 aromatic heterocycles. The van der Waals surface area contributed by atoms with Gasteiger partial charge in [0.25, 0.3) is 0 Å². The molecule has 6 heteroatoms. The SMILES string of the molecule is Clc1cc2c(s1)CCCC2Nc1cnc(Cl)c(Br)c1. The lowest BCUT2D eigenvalue weighted by Crippen LogP contribution is -2.15. The molecule has 3 rings (SSSR count). The highest BCUT2D eigenvalue weighted by atomic mass is 79.9. The van der Waals surface area contributed by atoms with Gasteiger partial charge >= 0.3 is 0 Å².